The zero-order valence-electron chi connectivity index (χ0n) is 8.74. The number of nitrogen functional groups attached to an aromatic ring is 1. The van der Waals surface area contributed by atoms with Gasteiger partial charge in [0.15, 0.2) is 0 Å². The van der Waals surface area contributed by atoms with E-state index in [0.29, 0.717) is 23.6 Å². The molecule has 1 aromatic heterocycles. The number of anilines is 1. The lowest BCUT2D eigenvalue weighted by atomic mass is 10.1. The summed E-state index contributed by atoms with van der Waals surface area (Å²) in [6.07, 6.45) is 1.62. The van der Waals surface area contributed by atoms with E-state index in [0.717, 1.165) is 4.47 Å². The maximum absolute atomic E-state index is 13.6. The Labute approximate surface area is 101 Å². The lowest BCUT2D eigenvalue weighted by Gasteiger charge is -2.04. The van der Waals surface area contributed by atoms with E-state index in [1.807, 2.05) is 6.92 Å². The van der Waals surface area contributed by atoms with E-state index in [1.54, 1.807) is 23.0 Å². The number of halogens is 2. The number of nitrogens with two attached hydrogens (primary N) is 1. The van der Waals surface area contributed by atoms with Crippen molar-refractivity contribution in [3.05, 3.63) is 34.8 Å². The van der Waals surface area contributed by atoms with Crippen LogP contribution in [0.1, 0.15) is 6.92 Å². The molecule has 0 aliphatic rings. The van der Waals surface area contributed by atoms with Crippen molar-refractivity contribution >= 4 is 21.7 Å². The fraction of sp³-hybridized carbons (Fsp3) is 0.182. The molecule has 0 fully saturated rings. The summed E-state index contributed by atoms with van der Waals surface area (Å²) in [5, 5.41) is 0. The van der Waals surface area contributed by atoms with Gasteiger partial charge in [-0.05, 0) is 25.1 Å². The number of nitrogens with zero attached hydrogens (tertiary/aromatic N) is 2. The number of benzene rings is 1. The lowest BCUT2D eigenvalue weighted by molar-refractivity contribution is 0.630. The normalized spacial score (nSPS) is 10.7. The molecule has 0 spiro atoms. The molecule has 5 heteroatoms. The summed E-state index contributed by atoms with van der Waals surface area (Å²) in [7, 11) is 0. The molecule has 1 aromatic carbocycles. The Balaban J connectivity index is 2.58. The van der Waals surface area contributed by atoms with Gasteiger partial charge in [0.25, 0.3) is 0 Å². The van der Waals surface area contributed by atoms with Crippen LogP contribution in [0.5, 0.6) is 0 Å². The van der Waals surface area contributed by atoms with Crippen molar-refractivity contribution < 1.29 is 4.39 Å². The Kier molecular flexibility index (Phi) is 2.96. The van der Waals surface area contributed by atoms with Crippen LogP contribution in [0.2, 0.25) is 0 Å². The Hall–Kier alpha value is -1.36. The van der Waals surface area contributed by atoms with Gasteiger partial charge in [0.1, 0.15) is 17.3 Å². The SMILES string of the molecule is CCn1cnc(-c2cc(Br)ccc2F)c1N. The minimum atomic E-state index is -0.323. The van der Waals surface area contributed by atoms with Gasteiger partial charge in [-0.3, -0.25) is 0 Å². The van der Waals surface area contributed by atoms with Crippen LogP contribution in [0, 0.1) is 5.82 Å². The molecule has 0 saturated heterocycles. The first-order chi connectivity index (χ1) is 7.63. The highest BCUT2D eigenvalue weighted by molar-refractivity contribution is 9.10. The number of hydrogen-bond acceptors (Lipinski definition) is 2. The van der Waals surface area contributed by atoms with Crippen molar-refractivity contribution in [1.29, 1.82) is 0 Å². The molecule has 0 bridgehead atoms. The standard InChI is InChI=1S/C11H11BrFN3/c1-2-16-6-15-10(11(16)14)8-5-7(12)3-4-9(8)13/h3-6H,2,14H2,1H3. The van der Waals surface area contributed by atoms with Crippen LogP contribution in [0.4, 0.5) is 10.2 Å². The largest absolute Gasteiger partial charge is 0.383 e. The molecule has 1 heterocycles. The third kappa shape index (κ3) is 1.82. The van der Waals surface area contributed by atoms with Gasteiger partial charge in [-0.15, -0.1) is 0 Å². The van der Waals surface area contributed by atoms with Gasteiger partial charge in [-0.25, -0.2) is 9.37 Å². The molecule has 84 valence electrons. The van der Waals surface area contributed by atoms with Crippen molar-refractivity contribution in [3.8, 4) is 11.3 Å². The Morgan fingerprint density at radius 1 is 1.50 bits per heavy atom. The highest BCUT2D eigenvalue weighted by Gasteiger charge is 2.13. The molecular weight excluding hydrogens is 273 g/mol. The van der Waals surface area contributed by atoms with Gasteiger partial charge in [0.05, 0.1) is 6.33 Å². The van der Waals surface area contributed by atoms with E-state index in [9.17, 15) is 4.39 Å². The quantitative estimate of drug-likeness (QED) is 0.921. The maximum Gasteiger partial charge on any atom is 0.132 e. The van der Waals surface area contributed by atoms with Crippen molar-refractivity contribution in [3.63, 3.8) is 0 Å². The molecule has 2 rings (SSSR count). The van der Waals surface area contributed by atoms with Crippen molar-refractivity contribution in [1.82, 2.24) is 9.55 Å². The zero-order chi connectivity index (χ0) is 11.7. The van der Waals surface area contributed by atoms with Crippen LogP contribution < -0.4 is 5.73 Å². The third-order valence-corrected chi connectivity index (χ3v) is 2.90. The second kappa shape index (κ2) is 4.25. The van der Waals surface area contributed by atoms with Gasteiger partial charge in [-0.2, -0.15) is 0 Å². The number of aromatic nitrogens is 2. The van der Waals surface area contributed by atoms with Gasteiger partial charge >= 0.3 is 0 Å². The average Bonchev–Trinajstić information content (AvgIpc) is 2.63. The predicted octanol–water partition coefficient (Wildman–Crippen LogP) is 3.05. The second-order valence-electron chi connectivity index (χ2n) is 3.39. The first kappa shape index (κ1) is 11.1. The molecule has 0 saturated carbocycles. The fourth-order valence-electron chi connectivity index (χ4n) is 1.53. The third-order valence-electron chi connectivity index (χ3n) is 2.40. The highest BCUT2D eigenvalue weighted by Crippen LogP contribution is 2.29. The van der Waals surface area contributed by atoms with Crippen molar-refractivity contribution in [2.45, 2.75) is 13.5 Å². The summed E-state index contributed by atoms with van der Waals surface area (Å²) in [4.78, 5) is 4.14. The summed E-state index contributed by atoms with van der Waals surface area (Å²) < 4.78 is 16.2. The first-order valence-electron chi connectivity index (χ1n) is 4.89. The maximum atomic E-state index is 13.6. The van der Waals surface area contributed by atoms with E-state index in [4.69, 9.17) is 5.73 Å². The Morgan fingerprint density at radius 2 is 2.25 bits per heavy atom. The predicted molar refractivity (Wildman–Crippen MR) is 65.4 cm³/mol. The molecule has 0 radical (unpaired) electrons. The molecule has 0 aliphatic carbocycles. The minimum Gasteiger partial charge on any atom is -0.383 e. The van der Waals surface area contributed by atoms with E-state index < -0.39 is 0 Å². The number of imidazole rings is 1. The van der Waals surface area contributed by atoms with Crippen molar-refractivity contribution in [2.75, 3.05) is 5.73 Å². The fourth-order valence-corrected chi connectivity index (χ4v) is 1.89. The summed E-state index contributed by atoms with van der Waals surface area (Å²) in [6, 6.07) is 4.71. The zero-order valence-corrected chi connectivity index (χ0v) is 10.3. The summed E-state index contributed by atoms with van der Waals surface area (Å²) in [5.74, 6) is 0.163. The molecule has 2 N–H and O–H groups in total. The average molecular weight is 284 g/mol. The number of aryl methyl sites for hydroxylation is 1. The van der Waals surface area contributed by atoms with Crippen molar-refractivity contribution in [2.24, 2.45) is 0 Å². The van der Waals surface area contributed by atoms with E-state index >= 15 is 0 Å². The topological polar surface area (TPSA) is 43.8 Å². The Morgan fingerprint density at radius 3 is 2.88 bits per heavy atom. The van der Waals surface area contributed by atoms with Gasteiger partial charge in [0, 0.05) is 16.6 Å². The monoisotopic (exact) mass is 283 g/mol. The van der Waals surface area contributed by atoms with E-state index in [1.165, 1.54) is 6.07 Å². The number of rotatable bonds is 2. The van der Waals surface area contributed by atoms with Crippen LogP contribution >= 0.6 is 15.9 Å². The molecule has 3 nitrogen and oxygen atoms in total. The van der Waals surface area contributed by atoms with Gasteiger partial charge in [0.2, 0.25) is 0 Å². The molecular formula is C11H11BrFN3. The molecule has 0 aliphatic heterocycles. The minimum absolute atomic E-state index is 0.323. The van der Waals surface area contributed by atoms with Crippen LogP contribution in [0.15, 0.2) is 29.0 Å². The molecule has 16 heavy (non-hydrogen) atoms. The summed E-state index contributed by atoms with van der Waals surface area (Å²) in [5.41, 5.74) is 6.79. The number of hydrogen-bond donors (Lipinski definition) is 1. The van der Waals surface area contributed by atoms with Crippen LogP contribution in [0.25, 0.3) is 11.3 Å². The molecule has 2 aromatic rings. The molecule has 0 unspecified atom stereocenters. The summed E-state index contributed by atoms with van der Waals surface area (Å²) >= 11 is 3.30. The summed E-state index contributed by atoms with van der Waals surface area (Å²) in [6.45, 7) is 2.67. The van der Waals surface area contributed by atoms with Crippen LogP contribution in [-0.4, -0.2) is 9.55 Å². The smallest absolute Gasteiger partial charge is 0.132 e. The highest BCUT2D eigenvalue weighted by atomic mass is 79.9. The molecule has 0 amide bonds. The van der Waals surface area contributed by atoms with Gasteiger partial charge in [-0.1, -0.05) is 15.9 Å². The molecule has 0 atom stereocenters. The second-order valence-corrected chi connectivity index (χ2v) is 4.30. The van der Waals surface area contributed by atoms with Gasteiger partial charge < -0.3 is 10.3 Å². The van der Waals surface area contributed by atoms with Crippen LogP contribution in [-0.2, 0) is 6.54 Å². The van der Waals surface area contributed by atoms with E-state index in [-0.39, 0.29) is 5.82 Å². The first-order valence-corrected chi connectivity index (χ1v) is 5.68. The van der Waals surface area contributed by atoms with Crippen LogP contribution in [0.3, 0.4) is 0 Å². The Bertz CT molecular complexity index is 522. The van der Waals surface area contributed by atoms with E-state index in [2.05, 4.69) is 20.9 Å². The lowest BCUT2D eigenvalue weighted by Crippen LogP contribution is -2.00.